The minimum Gasteiger partial charge on any atom is -0.361 e. The van der Waals surface area contributed by atoms with Crippen LogP contribution in [0.4, 0.5) is 13.9 Å². The maximum absolute atomic E-state index is 13.9. The summed E-state index contributed by atoms with van der Waals surface area (Å²) in [6.07, 6.45) is 6.07. The van der Waals surface area contributed by atoms with Gasteiger partial charge in [-0.05, 0) is 80.7 Å². The second-order valence-electron chi connectivity index (χ2n) is 9.10. The van der Waals surface area contributed by atoms with Gasteiger partial charge >= 0.3 is 0 Å². The lowest BCUT2D eigenvalue weighted by Gasteiger charge is -2.29. The van der Waals surface area contributed by atoms with Crippen molar-refractivity contribution in [3.63, 3.8) is 0 Å². The Morgan fingerprint density at radius 2 is 1.82 bits per heavy atom. The molecule has 0 aliphatic heterocycles. The number of aryl methyl sites for hydroxylation is 2. The number of sulfonamides is 1. The van der Waals surface area contributed by atoms with E-state index in [1.54, 1.807) is 17.4 Å². The van der Waals surface area contributed by atoms with Crippen LogP contribution in [-0.4, -0.2) is 26.0 Å². The molecule has 9 heteroatoms. The molecule has 3 aromatic rings. The van der Waals surface area contributed by atoms with Crippen LogP contribution >= 0.6 is 11.3 Å². The summed E-state index contributed by atoms with van der Waals surface area (Å²) in [5, 5.41) is 4.31. The quantitative estimate of drug-likeness (QED) is 0.464. The van der Waals surface area contributed by atoms with Crippen molar-refractivity contribution < 1.29 is 17.2 Å². The van der Waals surface area contributed by atoms with Crippen LogP contribution in [-0.2, 0) is 22.9 Å². The van der Waals surface area contributed by atoms with Gasteiger partial charge < -0.3 is 5.32 Å². The van der Waals surface area contributed by atoms with Crippen LogP contribution in [0.2, 0.25) is 0 Å². The number of aromatic nitrogens is 1. The fourth-order valence-corrected chi connectivity index (χ4v) is 7.30. The number of nitrogens with one attached hydrogen (secondary N) is 2. The summed E-state index contributed by atoms with van der Waals surface area (Å²) in [6.45, 7) is 0.759. The Morgan fingerprint density at radius 3 is 2.62 bits per heavy atom. The molecular weight excluding hydrogens is 476 g/mol. The number of fused-ring (bicyclic) bond motifs is 3. The number of benzene rings is 2. The minimum atomic E-state index is -3.87. The zero-order valence-corrected chi connectivity index (χ0v) is 20.3. The van der Waals surface area contributed by atoms with Gasteiger partial charge in [0.1, 0.15) is 16.5 Å². The molecule has 0 unspecified atom stereocenters. The Kier molecular flexibility index (Phi) is 6.68. The number of thiazole rings is 1. The highest BCUT2D eigenvalue weighted by Gasteiger charge is 2.27. The van der Waals surface area contributed by atoms with Crippen LogP contribution in [0.3, 0.4) is 0 Å². The summed E-state index contributed by atoms with van der Waals surface area (Å²) < 4.78 is 55.6. The van der Waals surface area contributed by atoms with Gasteiger partial charge in [-0.3, -0.25) is 0 Å². The van der Waals surface area contributed by atoms with E-state index in [0.29, 0.717) is 18.8 Å². The van der Waals surface area contributed by atoms with Crippen molar-refractivity contribution in [2.75, 3.05) is 11.9 Å². The largest absolute Gasteiger partial charge is 0.361 e. The van der Waals surface area contributed by atoms with Crippen LogP contribution in [0.25, 0.3) is 11.3 Å². The third-order valence-electron chi connectivity index (χ3n) is 6.71. The average Bonchev–Trinajstić information content (AvgIpc) is 3.15. The van der Waals surface area contributed by atoms with Gasteiger partial charge in [-0.25, -0.2) is 26.9 Å². The molecule has 0 radical (unpaired) electrons. The summed E-state index contributed by atoms with van der Waals surface area (Å²) >= 11 is 1.64. The van der Waals surface area contributed by atoms with Crippen molar-refractivity contribution in [2.24, 2.45) is 5.92 Å². The van der Waals surface area contributed by atoms with Gasteiger partial charge in [0.15, 0.2) is 5.13 Å². The van der Waals surface area contributed by atoms with Crippen LogP contribution in [0, 0.1) is 17.6 Å². The molecule has 0 atom stereocenters. The van der Waals surface area contributed by atoms with Gasteiger partial charge in [0, 0.05) is 23.0 Å². The molecule has 1 heterocycles. The predicted octanol–water partition coefficient (Wildman–Crippen LogP) is 5.53. The van der Waals surface area contributed by atoms with E-state index in [4.69, 9.17) is 4.98 Å². The topological polar surface area (TPSA) is 71.1 Å². The number of hydrogen-bond donors (Lipinski definition) is 2. The van der Waals surface area contributed by atoms with Gasteiger partial charge in [-0.2, -0.15) is 0 Å². The van der Waals surface area contributed by atoms with E-state index < -0.39 is 15.8 Å². The van der Waals surface area contributed by atoms with Crippen molar-refractivity contribution >= 4 is 26.5 Å². The molecule has 2 aliphatic carbocycles. The van der Waals surface area contributed by atoms with E-state index in [2.05, 4.69) is 10.0 Å². The molecule has 5 rings (SSSR count). The molecule has 0 spiro atoms. The Hall–Kier alpha value is -2.36. The summed E-state index contributed by atoms with van der Waals surface area (Å²) in [4.78, 5) is 5.69. The smallest absolute Gasteiger partial charge is 0.243 e. The fourth-order valence-electron chi connectivity index (χ4n) is 4.90. The molecule has 180 valence electrons. The van der Waals surface area contributed by atoms with Crippen molar-refractivity contribution in [3.8, 4) is 11.3 Å². The van der Waals surface area contributed by atoms with Crippen molar-refractivity contribution in [2.45, 2.75) is 55.9 Å². The SMILES string of the molecule is O=S(=O)(NC1CCC(CNc2nc3c(s2)CCCc2ccc(F)cc2-3)CC1)c1ccccc1F. The molecule has 1 saturated carbocycles. The van der Waals surface area contributed by atoms with Gasteiger partial charge in [0.2, 0.25) is 10.0 Å². The monoisotopic (exact) mass is 503 g/mol. The van der Waals surface area contributed by atoms with Gasteiger partial charge in [-0.15, -0.1) is 11.3 Å². The standard InChI is InChI=1S/C25H27F2N3O2S2/c26-18-11-10-17-4-3-6-22-24(20(17)14-18)29-25(33-22)28-15-16-8-12-19(13-9-16)30-34(31,32)23-7-2-1-5-21(23)27/h1-2,5,7,10-11,14,16,19,30H,3-4,6,8-9,12-13,15H2,(H,28,29). The minimum absolute atomic E-state index is 0.191. The third-order valence-corrected chi connectivity index (χ3v) is 9.34. The van der Waals surface area contributed by atoms with E-state index in [0.717, 1.165) is 66.7 Å². The summed E-state index contributed by atoms with van der Waals surface area (Å²) in [5.74, 6) is -0.570. The number of anilines is 1. The van der Waals surface area contributed by atoms with E-state index in [9.17, 15) is 17.2 Å². The number of halogens is 2. The Bertz CT molecular complexity index is 1290. The molecule has 1 fully saturated rings. The van der Waals surface area contributed by atoms with Crippen LogP contribution < -0.4 is 10.0 Å². The highest BCUT2D eigenvalue weighted by Crippen LogP contribution is 2.38. The summed E-state index contributed by atoms with van der Waals surface area (Å²) in [6, 6.07) is 10.2. The van der Waals surface area contributed by atoms with Crippen LogP contribution in [0.15, 0.2) is 47.4 Å². The average molecular weight is 504 g/mol. The van der Waals surface area contributed by atoms with E-state index in [1.807, 2.05) is 6.07 Å². The molecule has 34 heavy (non-hydrogen) atoms. The first-order valence-corrected chi connectivity index (χ1v) is 14.0. The van der Waals surface area contributed by atoms with Crippen molar-refractivity contribution in [3.05, 3.63) is 64.5 Å². The molecule has 2 aromatic carbocycles. The molecule has 2 N–H and O–H groups in total. The highest BCUT2D eigenvalue weighted by molar-refractivity contribution is 7.89. The van der Waals surface area contributed by atoms with Crippen LogP contribution in [0.5, 0.6) is 0 Å². The first kappa shape index (κ1) is 23.4. The van der Waals surface area contributed by atoms with E-state index in [1.165, 1.54) is 29.1 Å². The highest BCUT2D eigenvalue weighted by atomic mass is 32.2. The maximum atomic E-state index is 13.9. The van der Waals surface area contributed by atoms with E-state index >= 15 is 0 Å². The fraction of sp³-hybridized carbons (Fsp3) is 0.400. The zero-order valence-electron chi connectivity index (χ0n) is 18.7. The molecule has 0 saturated heterocycles. The van der Waals surface area contributed by atoms with Gasteiger partial charge in [0.05, 0.1) is 5.69 Å². The van der Waals surface area contributed by atoms with Crippen molar-refractivity contribution in [1.82, 2.24) is 9.71 Å². The lowest BCUT2D eigenvalue weighted by atomic mass is 9.86. The van der Waals surface area contributed by atoms with Gasteiger partial charge in [-0.1, -0.05) is 18.2 Å². The molecular formula is C25H27F2N3O2S2. The first-order chi connectivity index (χ1) is 16.4. The second kappa shape index (κ2) is 9.71. The maximum Gasteiger partial charge on any atom is 0.243 e. The van der Waals surface area contributed by atoms with E-state index in [-0.39, 0.29) is 16.8 Å². The lowest BCUT2D eigenvalue weighted by molar-refractivity contribution is 0.324. The molecule has 0 bridgehead atoms. The second-order valence-corrected chi connectivity index (χ2v) is 11.9. The number of nitrogens with zero attached hydrogens (tertiary/aromatic N) is 1. The zero-order chi connectivity index (χ0) is 23.7. The summed E-state index contributed by atoms with van der Waals surface area (Å²) in [7, 11) is -3.87. The molecule has 2 aliphatic rings. The Morgan fingerprint density at radius 1 is 1.03 bits per heavy atom. The number of rotatable bonds is 6. The Balaban J connectivity index is 1.17. The van der Waals surface area contributed by atoms with Crippen LogP contribution in [0.1, 0.15) is 42.5 Å². The lowest BCUT2D eigenvalue weighted by Crippen LogP contribution is -2.38. The van der Waals surface area contributed by atoms with Crippen molar-refractivity contribution in [1.29, 1.82) is 0 Å². The molecule has 5 nitrogen and oxygen atoms in total. The normalized spacial score (nSPS) is 20.3. The molecule has 0 amide bonds. The first-order valence-electron chi connectivity index (χ1n) is 11.7. The summed E-state index contributed by atoms with van der Waals surface area (Å²) in [5.41, 5.74) is 2.94. The molecule has 1 aromatic heterocycles. The Labute approximate surface area is 202 Å². The third kappa shape index (κ3) is 5.01. The number of hydrogen-bond acceptors (Lipinski definition) is 5. The predicted molar refractivity (Wildman–Crippen MR) is 130 cm³/mol. The van der Waals surface area contributed by atoms with Gasteiger partial charge in [0.25, 0.3) is 0 Å².